The molecule has 0 saturated carbocycles. The van der Waals surface area contributed by atoms with Crippen LogP contribution in [0.15, 0.2) is 77.6 Å². The molecule has 4 rings (SSSR count). The van der Waals surface area contributed by atoms with Crippen LogP contribution in [0.4, 0.5) is 5.69 Å². The fraction of sp³-hybridized carbons (Fsp3) is 0. The molecule has 0 bridgehead atoms. The van der Waals surface area contributed by atoms with Crippen LogP contribution in [0.3, 0.4) is 0 Å². The van der Waals surface area contributed by atoms with Crippen LogP contribution in [-0.2, 0) is 0 Å². The molecular weight excluding hydrogens is 302 g/mol. The van der Waals surface area contributed by atoms with E-state index in [1.807, 2.05) is 54.6 Å². The Balaban J connectivity index is 1.55. The number of hydrogen-bond donors (Lipinski definition) is 1. The number of amides is 1. The van der Waals surface area contributed by atoms with E-state index in [2.05, 4.69) is 15.3 Å². The predicted octanol–water partition coefficient (Wildman–Crippen LogP) is 4.14. The molecule has 0 fully saturated rings. The molecule has 1 N–H and O–H groups in total. The van der Waals surface area contributed by atoms with Gasteiger partial charge in [-0.15, -0.1) is 0 Å². The van der Waals surface area contributed by atoms with Crippen molar-refractivity contribution in [1.29, 1.82) is 0 Å². The van der Waals surface area contributed by atoms with Crippen molar-refractivity contribution in [2.75, 3.05) is 5.32 Å². The third-order valence-corrected chi connectivity index (χ3v) is 3.65. The van der Waals surface area contributed by atoms with Gasteiger partial charge in [-0.3, -0.25) is 9.78 Å². The number of carbonyl (C=O) groups is 1. The smallest absolute Gasteiger partial charge is 0.275 e. The minimum absolute atomic E-state index is 0.277. The van der Waals surface area contributed by atoms with Crippen LogP contribution < -0.4 is 5.32 Å². The SMILES string of the molecule is O=C(Nc1ccc(-c2cc3ccccc3o2)cc1)c1cnccn1. The first-order chi connectivity index (χ1) is 11.8. The molecule has 0 atom stereocenters. The van der Waals surface area contributed by atoms with E-state index in [-0.39, 0.29) is 11.6 Å². The fourth-order valence-electron chi connectivity index (χ4n) is 2.45. The summed E-state index contributed by atoms with van der Waals surface area (Å²) in [5.41, 5.74) is 2.76. The molecule has 0 aliphatic rings. The largest absolute Gasteiger partial charge is 0.456 e. The number of aromatic nitrogens is 2. The Morgan fingerprint density at radius 2 is 1.83 bits per heavy atom. The summed E-state index contributed by atoms with van der Waals surface area (Å²) in [4.78, 5) is 19.9. The molecule has 2 aromatic heterocycles. The maximum atomic E-state index is 12.1. The molecule has 5 nitrogen and oxygen atoms in total. The molecule has 0 spiro atoms. The van der Waals surface area contributed by atoms with Crippen LogP contribution in [0.5, 0.6) is 0 Å². The summed E-state index contributed by atoms with van der Waals surface area (Å²) in [6, 6.07) is 17.4. The first-order valence-corrected chi connectivity index (χ1v) is 7.46. The highest BCUT2D eigenvalue weighted by atomic mass is 16.3. The minimum Gasteiger partial charge on any atom is -0.456 e. The van der Waals surface area contributed by atoms with Gasteiger partial charge in [0, 0.05) is 29.0 Å². The maximum absolute atomic E-state index is 12.1. The summed E-state index contributed by atoms with van der Waals surface area (Å²) in [6.07, 6.45) is 4.44. The quantitative estimate of drug-likeness (QED) is 0.617. The monoisotopic (exact) mass is 315 g/mol. The molecule has 4 aromatic rings. The number of fused-ring (bicyclic) bond motifs is 1. The van der Waals surface area contributed by atoms with Gasteiger partial charge >= 0.3 is 0 Å². The highest BCUT2D eigenvalue weighted by Crippen LogP contribution is 2.28. The number of nitrogens with one attached hydrogen (secondary N) is 1. The average molecular weight is 315 g/mol. The molecule has 24 heavy (non-hydrogen) atoms. The van der Waals surface area contributed by atoms with Gasteiger partial charge in [0.25, 0.3) is 5.91 Å². The molecule has 0 radical (unpaired) electrons. The number of benzene rings is 2. The molecule has 0 unspecified atom stereocenters. The van der Waals surface area contributed by atoms with Crippen LogP contribution in [0.2, 0.25) is 0 Å². The highest BCUT2D eigenvalue weighted by molar-refractivity contribution is 6.02. The number of furan rings is 1. The van der Waals surface area contributed by atoms with E-state index in [1.54, 1.807) is 0 Å². The lowest BCUT2D eigenvalue weighted by atomic mass is 10.1. The fourth-order valence-corrected chi connectivity index (χ4v) is 2.45. The molecule has 0 aliphatic carbocycles. The zero-order valence-corrected chi connectivity index (χ0v) is 12.6. The van der Waals surface area contributed by atoms with Gasteiger partial charge in [-0.1, -0.05) is 18.2 Å². The van der Waals surface area contributed by atoms with Crippen LogP contribution in [0, 0.1) is 0 Å². The summed E-state index contributed by atoms with van der Waals surface area (Å²) in [5, 5.41) is 3.85. The summed E-state index contributed by atoms with van der Waals surface area (Å²) in [7, 11) is 0. The van der Waals surface area contributed by atoms with Crippen molar-refractivity contribution in [2.24, 2.45) is 0 Å². The van der Waals surface area contributed by atoms with Gasteiger partial charge in [-0.2, -0.15) is 0 Å². The molecule has 0 aliphatic heterocycles. The van der Waals surface area contributed by atoms with E-state index in [4.69, 9.17) is 4.42 Å². The minimum atomic E-state index is -0.292. The average Bonchev–Trinajstić information content (AvgIpc) is 3.07. The Bertz CT molecular complexity index is 959. The van der Waals surface area contributed by atoms with Crippen molar-refractivity contribution >= 4 is 22.6 Å². The second-order valence-corrected chi connectivity index (χ2v) is 5.27. The van der Waals surface area contributed by atoms with Gasteiger partial charge < -0.3 is 9.73 Å². The second-order valence-electron chi connectivity index (χ2n) is 5.27. The third kappa shape index (κ3) is 2.75. The number of nitrogens with zero attached hydrogens (tertiary/aromatic N) is 2. The van der Waals surface area contributed by atoms with Crippen LogP contribution in [-0.4, -0.2) is 15.9 Å². The summed E-state index contributed by atoms with van der Waals surface area (Å²) in [5.74, 6) is 0.502. The maximum Gasteiger partial charge on any atom is 0.275 e. The highest BCUT2D eigenvalue weighted by Gasteiger charge is 2.09. The van der Waals surface area contributed by atoms with E-state index < -0.39 is 0 Å². The molecule has 2 aromatic carbocycles. The number of rotatable bonds is 3. The van der Waals surface area contributed by atoms with Gasteiger partial charge in [-0.25, -0.2) is 4.98 Å². The Kier molecular flexibility index (Phi) is 3.51. The van der Waals surface area contributed by atoms with E-state index >= 15 is 0 Å². The van der Waals surface area contributed by atoms with E-state index in [9.17, 15) is 4.79 Å². The number of hydrogen-bond acceptors (Lipinski definition) is 4. The normalized spacial score (nSPS) is 10.7. The Labute approximate surface area is 138 Å². The van der Waals surface area contributed by atoms with Crippen LogP contribution >= 0.6 is 0 Å². The summed E-state index contributed by atoms with van der Waals surface area (Å²) >= 11 is 0. The molecule has 5 heteroatoms. The van der Waals surface area contributed by atoms with Gasteiger partial charge in [0.1, 0.15) is 17.0 Å². The van der Waals surface area contributed by atoms with Crippen molar-refractivity contribution in [3.8, 4) is 11.3 Å². The topological polar surface area (TPSA) is 68.0 Å². The third-order valence-electron chi connectivity index (χ3n) is 3.65. The first-order valence-electron chi connectivity index (χ1n) is 7.46. The first kappa shape index (κ1) is 14.1. The van der Waals surface area contributed by atoms with Crippen molar-refractivity contribution < 1.29 is 9.21 Å². The predicted molar refractivity (Wildman–Crippen MR) is 91.6 cm³/mol. The summed E-state index contributed by atoms with van der Waals surface area (Å²) in [6.45, 7) is 0. The van der Waals surface area contributed by atoms with Crippen molar-refractivity contribution in [3.63, 3.8) is 0 Å². The van der Waals surface area contributed by atoms with Gasteiger partial charge in [0.15, 0.2) is 0 Å². The Morgan fingerprint density at radius 3 is 2.58 bits per heavy atom. The molecule has 0 saturated heterocycles. The zero-order chi connectivity index (χ0) is 16.4. The number of anilines is 1. The van der Waals surface area contributed by atoms with E-state index in [0.29, 0.717) is 5.69 Å². The van der Waals surface area contributed by atoms with Gasteiger partial charge in [0.2, 0.25) is 0 Å². The van der Waals surface area contributed by atoms with E-state index in [0.717, 1.165) is 22.3 Å². The van der Waals surface area contributed by atoms with Gasteiger partial charge in [0.05, 0.1) is 6.20 Å². The lowest BCUT2D eigenvalue weighted by Gasteiger charge is -2.05. The van der Waals surface area contributed by atoms with E-state index in [1.165, 1.54) is 18.6 Å². The Morgan fingerprint density at radius 1 is 1.00 bits per heavy atom. The lowest BCUT2D eigenvalue weighted by Crippen LogP contribution is -2.13. The zero-order valence-electron chi connectivity index (χ0n) is 12.6. The number of para-hydroxylation sites is 1. The molecule has 116 valence electrons. The molecule has 2 heterocycles. The van der Waals surface area contributed by atoms with Crippen molar-refractivity contribution in [1.82, 2.24) is 9.97 Å². The lowest BCUT2D eigenvalue weighted by molar-refractivity contribution is 0.102. The molecule has 1 amide bonds. The van der Waals surface area contributed by atoms with Crippen molar-refractivity contribution in [2.45, 2.75) is 0 Å². The molecular formula is C19H13N3O2. The summed E-state index contributed by atoms with van der Waals surface area (Å²) < 4.78 is 5.84. The standard InChI is InChI=1S/C19H13N3O2/c23-19(16-12-20-9-10-21-16)22-15-7-5-13(6-8-15)18-11-14-3-1-2-4-17(14)24-18/h1-12H,(H,22,23). The number of carbonyl (C=O) groups excluding carboxylic acids is 1. The second kappa shape index (κ2) is 5.96. The van der Waals surface area contributed by atoms with Crippen LogP contribution in [0.25, 0.3) is 22.3 Å². The van der Waals surface area contributed by atoms with Crippen molar-refractivity contribution in [3.05, 3.63) is 78.9 Å². The Hall–Kier alpha value is -3.47. The van der Waals surface area contributed by atoms with Gasteiger partial charge in [-0.05, 0) is 36.4 Å². The van der Waals surface area contributed by atoms with Crippen LogP contribution in [0.1, 0.15) is 10.5 Å².